The first-order chi connectivity index (χ1) is 7.12. The Bertz CT molecular complexity index is 127. The van der Waals surface area contributed by atoms with Crippen LogP contribution in [-0.2, 0) is 18.9 Å². The molecule has 0 aliphatic rings. The fourth-order valence-corrected chi connectivity index (χ4v) is 0.937. The minimum atomic E-state index is -0.457. The van der Waals surface area contributed by atoms with Gasteiger partial charge in [-0.1, -0.05) is 0 Å². The predicted octanol–water partition coefficient (Wildman–Crippen LogP) is 0.0298. The van der Waals surface area contributed by atoms with Crippen LogP contribution in [0.25, 0.3) is 0 Å². The largest absolute Gasteiger partial charge is 0.382 e. The van der Waals surface area contributed by atoms with Crippen LogP contribution in [0.4, 0.5) is 0 Å². The monoisotopic (exact) mass is 221 g/mol. The average molecular weight is 221 g/mol. The van der Waals surface area contributed by atoms with Gasteiger partial charge in [-0.05, 0) is 6.92 Å². The van der Waals surface area contributed by atoms with E-state index in [9.17, 15) is 0 Å². The number of rotatable bonds is 10. The second-order valence-corrected chi connectivity index (χ2v) is 3.74. The maximum Gasteiger partial charge on any atom is 0.0701 e. The number of nitrogens with two attached hydrogens (primary N) is 1. The molecular weight excluding hydrogens is 198 g/mol. The van der Waals surface area contributed by atoms with Crippen LogP contribution < -0.4 is 5.73 Å². The van der Waals surface area contributed by atoms with Gasteiger partial charge >= 0.3 is 0 Å². The lowest BCUT2D eigenvalue weighted by atomic mass is 10.1. The molecule has 5 nitrogen and oxygen atoms in total. The highest BCUT2D eigenvalue weighted by atomic mass is 16.5. The van der Waals surface area contributed by atoms with Gasteiger partial charge in [0.1, 0.15) is 0 Å². The lowest BCUT2D eigenvalue weighted by molar-refractivity contribution is 0.000916. The molecule has 0 aromatic rings. The molecule has 0 amide bonds. The Kier molecular flexibility index (Phi) is 8.94. The van der Waals surface area contributed by atoms with Crippen LogP contribution >= 0.6 is 0 Å². The van der Waals surface area contributed by atoms with Crippen molar-refractivity contribution in [2.45, 2.75) is 12.5 Å². The van der Waals surface area contributed by atoms with E-state index in [2.05, 4.69) is 0 Å². The molecular formula is C10H23NO4. The number of hydrogen-bond acceptors (Lipinski definition) is 5. The highest BCUT2D eigenvalue weighted by molar-refractivity contribution is 4.77. The van der Waals surface area contributed by atoms with Crippen LogP contribution in [0.1, 0.15) is 6.92 Å². The Morgan fingerprint density at radius 1 is 0.867 bits per heavy atom. The predicted molar refractivity (Wildman–Crippen MR) is 58.0 cm³/mol. The zero-order chi connectivity index (χ0) is 11.6. The Morgan fingerprint density at radius 2 is 1.27 bits per heavy atom. The minimum absolute atomic E-state index is 0.457. The Labute approximate surface area is 91.8 Å². The Hall–Kier alpha value is -0.200. The van der Waals surface area contributed by atoms with Crippen molar-refractivity contribution in [3.63, 3.8) is 0 Å². The van der Waals surface area contributed by atoms with Crippen LogP contribution in [0, 0.1) is 0 Å². The van der Waals surface area contributed by atoms with E-state index in [0.717, 1.165) is 0 Å². The maximum absolute atomic E-state index is 5.95. The third kappa shape index (κ3) is 10.1. The first kappa shape index (κ1) is 14.8. The quantitative estimate of drug-likeness (QED) is 0.527. The second kappa shape index (κ2) is 9.06. The molecule has 5 heteroatoms. The van der Waals surface area contributed by atoms with Gasteiger partial charge in [-0.2, -0.15) is 0 Å². The number of hydrogen-bond donors (Lipinski definition) is 1. The fourth-order valence-electron chi connectivity index (χ4n) is 0.937. The molecule has 0 fully saturated rings. The maximum atomic E-state index is 5.95. The van der Waals surface area contributed by atoms with E-state index >= 15 is 0 Å². The molecule has 92 valence electrons. The summed E-state index contributed by atoms with van der Waals surface area (Å²) in [5.74, 6) is 0. The van der Waals surface area contributed by atoms with Gasteiger partial charge in [-0.3, -0.25) is 0 Å². The molecule has 0 saturated heterocycles. The standard InChI is InChI=1S/C10H23NO4/c1-10(11,8-14-6-4-12-2)9-15-7-5-13-3/h4-9,11H2,1-3H3. The minimum Gasteiger partial charge on any atom is -0.382 e. The smallest absolute Gasteiger partial charge is 0.0701 e. The van der Waals surface area contributed by atoms with Crippen LogP contribution in [0.2, 0.25) is 0 Å². The van der Waals surface area contributed by atoms with E-state index in [1.807, 2.05) is 6.92 Å². The third-order valence-corrected chi connectivity index (χ3v) is 1.73. The summed E-state index contributed by atoms with van der Waals surface area (Å²) in [5.41, 5.74) is 5.49. The first-order valence-electron chi connectivity index (χ1n) is 5.04. The van der Waals surface area contributed by atoms with Crippen molar-refractivity contribution < 1.29 is 18.9 Å². The van der Waals surface area contributed by atoms with E-state index in [1.165, 1.54) is 0 Å². The van der Waals surface area contributed by atoms with Gasteiger partial charge in [0.2, 0.25) is 0 Å². The molecule has 0 spiro atoms. The van der Waals surface area contributed by atoms with E-state index < -0.39 is 5.54 Å². The van der Waals surface area contributed by atoms with Gasteiger partial charge in [0.05, 0.1) is 45.2 Å². The van der Waals surface area contributed by atoms with E-state index in [0.29, 0.717) is 39.6 Å². The summed E-state index contributed by atoms with van der Waals surface area (Å²) in [6.07, 6.45) is 0. The molecule has 0 heterocycles. The van der Waals surface area contributed by atoms with Gasteiger partial charge in [0.15, 0.2) is 0 Å². The summed E-state index contributed by atoms with van der Waals surface area (Å²) in [6, 6.07) is 0. The van der Waals surface area contributed by atoms with Crippen LogP contribution in [0.3, 0.4) is 0 Å². The highest BCUT2D eigenvalue weighted by Gasteiger charge is 2.18. The average Bonchev–Trinajstić information content (AvgIpc) is 2.20. The highest BCUT2D eigenvalue weighted by Crippen LogP contribution is 2.00. The second-order valence-electron chi connectivity index (χ2n) is 3.74. The molecule has 0 atom stereocenters. The normalized spacial score (nSPS) is 12.0. The van der Waals surface area contributed by atoms with Crippen molar-refractivity contribution >= 4 is 0 Å². The van der Waals surface area contributed by atoms with Crippen LogP contribution in [0.5, 0.6) is 0 Å². The fraction of sp³-hybridized carbons (Fsp3) is 1.00. The molecule has 0 saturated carbocycles. The Morgan fingerprint density at radius 3 is 1.60 bits per heavy atom. The van der Waals surface area contributed by atoms with Crippen molar-refractivity contribution in [3.8, 4) is 0 Å². The molecule has 0 aliphatic carbocycles. The molecule has 0 radical (unpaired) electrons. The van der Waals surface area contributed by atoms with E-state index in [4.69, 9.17) is 24.7 Å². The Balaban J connectivity index is 3.40. The summed E-state index contributed by atoms with van der Waals surface area (Å²) >= 11 is 0. The number of ether oxygens (including phenoxy) is 4. The van der Waals surface area contributed by atoms with Crippen molar-refractivity contribution in [1.29, 1.82) is 0 Å². The molecule has 0 bridgehead atoms. The lowest BCUT2D eigenvalue weighted by Gasteiger charge is -2.24. The summed E-state index contributed by atoms with van der Waals surface area (Å²) in [6.45, 7) is 5.10. The molecule has 0 aliphatic heterocycles. The summed E-state index contributed by atoms with van der Waals surface area (Å²) in [5, 5.41) is 0. The van der Waals surface area contributed by atoms with E-state index in [-0.39, 0.29) is 0 Å². The summed E-state index contributed by atoms with van der Waals surface area (Å²) in [7, 11) is 3.28. The molecule has 2 N–H and O–H groups in total. The third-order valence-electron chi connectivity index (χ3n) is 1.73. The van der Waals surface area contributed by atoms with Crippen molar-refractivity contribution in [3.05, 3.63) is 0 Å². The topological polar surface area (TPSA) is 62.9 Å². The van der Waals surface area contributed by atoms with Crippen LogP contribution in [-0.4, -0.2) is 59.4 Å². The van der Waals surface area contributed by atoms with Gasteiger partial charge < -0.3 is 24.7 Å². The SMILES string of the molecule is COCCOCC(C)(N)COCCOC. The van der Waals surface area contributed by atoms with Crippen molar-refractivity contribution in [1.82, 2.24) is 0 Å². The molecule has 0 aromatic heterocycles. The first-order valence-corrected chi connectivity index (χ1v) is 5.04. The lowest BCUT2D eigenvalue weighted by Crippen LogP contribution is -2.46. The summed E-state index contributed by atoms with van der Waals surface area (Å²) in [4.78, 5) is 0. The van der Waals surface area contributed by atoms with Gasteiger partial charge in [-0.15, -0.1) is 0 Å². The number of methoxy groups -OCH3 is 2. The summed E-state index contributed by atoms with van der Waals surface area (Å²) < 4.78 is 20.4. The molecule has 15 heavy (non-hydrogen) atoms. The van der Waals surface area contributed by atoms with Crippen LogP contribution in [0.15, 0.2) is 0 Å². The molecule has 0 rings (SSSR count). The zero-order valence-electron chi connectivity index (χ0n) is 9.95. The van der Waals surface area contributed by atoms with Gasteiger partial charge in [0.25, 0.3) is 0 Å². The van der Waals surface area contributed by atoms with Crippen molar-refractivity contribution in [2.24, 2.45) is 5.73 Å². The van der Waals surface area contributed by atoms with Gasteiger partial charge in [0, 0.05) is 14.2 Å². The van der Waals surface area contributed by atoms with Gasteiger partial charge in [-0.25, -0.2) is 0 Å². The van der Waals surface area contributed by atoms with Crippen molar-refractivity contribution in [2.75, 3.05) is 53.9 Å². The molecule has 0 aromatic carbocycles. The zero-order valence-corrected chi connectivity index (χ0v) is 9.95. The van der Waals surface area contributed by atoms with E-state index in [1.54, 1.807) is 14.2 Å². The molecule has 0 unspecified atom stereocenters.